The van der Waals surface area contributed by atoms with Crippen LogP contribution in [0.2, 0.25) is 0 Å². The Morgan fingerprint density at radius 2 is 2.27 bits per heavy atom. The van der Waals surface area contributed by atoms with Gasteiger partial charge in [0.05, 0.1) is 6.21 Å². The van der Waals surface area contributed by atoms with Gasteiger partial charge < -0.3 is 5.21 Å². The number of halogens is 1. The van der Waals surface area contributed by atoms with Gasteiger partial charge in [-0.2, -0.15) is 0 Å². The molecule has 2 nitrogen and oxygen atoms in total. The molecular formula is C12H16FNO. The summed E-state index contributed by atoms with van der Waals surface area (Å²) in [6.07, 6.45) is 3.21. The summed E-state index contributed by atoms with van der Waals surface area (Å²) in [5.74, 6) is -0.0630. The largest absolute Gasteiger partial charge is 0.411 e. The van der Waals surface area contributed by atoms with Gasteiger partial charge in [0.25, 0.3) is 0 Å². The number of rotatable bonds is 4. The number of benzene rings is 1. The molecule has 0 aliphatic rings. The minimum atomic E-state index is -0.340. The van der Waals surface area contributed by atoms with Crippen molar-refractivity contribution in [3.05, 3.63) is 35.1 Å². The van der Waals surface area contributed by atoms with E-state index >= 15 is 0 Å². The van der Waals surface area contributed by atoms with E-state index in [9.17, 15) is 4.39 Å². The Kier molecular flexibility index (Phi) is 4.28. The van der Waals surface area contributed by atoms with E-state index in [4.69, 9.17) is 5.21 Å². The zero-order valence-electron chi connectivity index (χ0n) is 9.07. The van der Waals surface area contributed by atoms with Crippen molar-refractivity contribution in [2.45, 2.75) is 32.6 Å². The molecule has 0 aliphatic carbocycles. The first kappa shape index (κ1) is 11.7. The van der Waals surface area contributed by atoms with Crippen molar-refractivity contribution >= 4 is 6.21 Å². The molecule has 0 amide bonds. The highest BCUT2D eigenvalue weighted by Gasteiger charge is 2.12. The first-order valence-electron chi connectivity index (χ1n) is 5.16. The van der Waals surface area contributed by atoms with Crippen LogP contribution in [-0.4, -0.2) is 11.4 Å². The van der Waals surface area contributed by atoms with E-state index in [1.165, 1.54) is 6.07 Å². The monoisotopic (exact) mass is 209 g/mol. The second-order valence-corrected chi connectivity index (χ2v) is 3.68. The van der Waals surface area contributed by atoms with Crippen LogP contribution in [0.3, 0.4) is 0 Å². The standard InChI is InChI=1S/C12H16FNO/c1-3-5-9(2)10-6-4-7-12(13)11(10)8-14-15/h4,6-9,15H,3,5H2,1-2H3/b14-8+. The molecular weight excluding hydrogens is 193 g/mol. The molecule has 0 bridgehead atoms. The Morgan fingerprint density at radius 1 is 1.53 bits per heavy atom. The zero-order valence-corrected chi connectivity index (χ0v) is 9.07. The molecule has 0 fully saturated rings. The Bertz CT molecular complexity index is 349. The Balaban J connectivity index is 3.10. The van der Waals surface area contributed by atoms with Crippen molar-refractivity contribution in [3.63, 3.8) is 0 Å². The summed E-state index contributed by atoms with van der Waals surface area (Å²) in [5.41, 5.74) is 1.29. The highest BCUT2D eigenvalue weighted by atomic mass is 19.1. The third-order valence-corrected chi connectivity index (χ3v) is 2.53. The first-order valence-corrected chi connectivity index (χ1v) is 5.16. The van der Waals surface area contributed by atoms with E-state index in [2.05, 4.69) is 12.1 Å². The maximum atomic E-state index is 13.4. The van der Waals surface area contributed by atoms with Gasteiger partial charge in [-0.05, 0) is 24.0 Å². The molecule has 0 aliphatic heterocycles. The van der Waals surface area contributed by atoms with Gasteiger partial charge in [-0.25, -0.2) is 4.39 Å². The van der Waals surface area contributed by atoms with Crippen LogP contribution in [-0.2, 0) is 0 Å². The van der Waals surface area contributed by atoms with Gasteiger partial charge in [-0.1, -0.05) is 37.6 Å². The fourth-order valence-electron chi connectivity index (χ4n) is 1.77. The summed E-state index contributed by atoms with van der Waals surface area (Å²) in [4.78, 5) is 0. The lowest BCUT2D eigenvalue weighted by Crippen LogP contribution is -2.01. The van der Waals surface area contributed by atoms with Gasteiger partial charge in [-0.15, -0.1) is 0 Å². The molecule has 0 spiro atoms. The average molecular weight is 209 g/mol. The molecule has 1 N–H and O–H groups in total. The van der Waals surface area contributed by atoms with Crippen LogP contribution in [0.15, 0.2) is 23.4 Å². The topological polar surface area (TPSA) is 32.6 Å². The molecule has 0 aromatic heterocycles. The molecule has 82 valence electrons. The maximum Gasteiger partial charge on any atom is 0.132 e. The van der Waals surface area contributed by atoms with Gasteiger partial charge in [0, 0.05) is 5.56 Å². The van der Waals surface area contributed by atoms with Crippen molar-refractivity contribution in [1.82, 2.24) is 0 Å². The molecule has 15 heavy (non-hydrogen) atoms. The average Bonchev–Trinajstić information content (AvgIpc) is 2.21. The summed E-state index contributed by atoms with van der Waals surface area (Å²) >= 11 is 0. The summed E-state index contributed by atoms with van der Waals surface area (Å²) in [6, 6.07) is 4.94. The number of nitrogens with zero attached hydrogens (tertiary/aromatic N) is 1. The second kappa shape index (κ2) is 5.49. The SMILES string of the molecule is CCCC(C)c1cccc(F)c1/C=N/O. The lowest BCUT2D eigenvalue weighted by molar-refractivity contribution is 0.321. The minimum Gasteiger partial charge on any atom is -0.411 e. The summed E-state index contributed by atoms with van der Waals surface area (Å²) < 4.78 is 13.4. The number of hydrogen-bond donors (Lipinski definition) is 1. The van der Waals surface area contributed by atoms with E-state index in [1.807, 2.05) is 13.0 Å². The fraction of sp³-hybridized carbons (Fsp3) is 0.417. The van der Waals surface area contributed by atoms with Crippen LogP contribution in [0.1, 0.15) is 43.7 Å². The molecule has 0 radical (unpaired) electrons. The van der Waals surface area contributed by atoms with Crippen LogP contribution in [0, 0.1) is 5.82 Å². The van der Waals surface area contributed by atoms with Crippen molar-refractivity contribution in [2.24, 2.45) is 5.16 Å². The highest BCUT2D eigenvalue weighted by molar-refractivity contribution is 5.81. The summed E-state index contributed by atoms with van der Waals surface area (Å²) in [5, 5.41) is 11.4. The minimum absolute atomic E-state index is 0.277. The van der Waals surface area contributed by atoms with Crippen molar-refractivity contribution in [1.29, 1.82) is 0 Å². The van der Waals surface area contributed by atoms with Crippen molar-refractivity contribution < 1.29 is 9.60 Å². The van der Waals surface area contributed by atoms with Gasteiger partial charge in [0.1, 0.15) is 5.82 Å². The van der Waals surface area contributed by atoms with Crippen LogP contribution < -0.4 is 0 Å². The maximum absolute atomic E-state index is 13.4. The second-order valence-electron chi connectivity index (χ2n) is 3.68. The Morgan fingerprint density at radius 3 is 2.87 bits per heavy atom. The summed E-state index contributed by atoms with van der Waals surface area (Å²) in [6.45, 7) is 4.14. The van der Waals surface area contributed by atoms with Gasteiger partial charge >= 0.3 is 0 Å². The molecule has 1 aromatic rings. The highest BCUT2D eigenvalue weighted by Crippen LogP contribution is 2.24. The fourth-order valence-corrected chi connectivity index (χ4v) is 1.77. The Hall–Kier alpha value is -1.38. The first-order chi connectivity index (χ1) is 7.20. The van der Waals surface area contributed by atoms with Crippen LogP contribution in [0.25, 0.3) is 0 Å². The third kappa shape index (κ3) is 2.78. The molecule has 1 rings (SSSR count). The smallest absolute Gasteiger partial charge is 0.132 e. The van der Waals surface area contributed by atoms with Crippen LogP contribution in [0.4, 0.5) is 4.39 Å². The van der Waals surface area contributed by atoms with Crippen molar-refractivity contribution in [3.8, 4) is 0 Å². The predicted molar refractivity (Wildman–Crippen MR) is 59.1 cm³/mol. The molecule has 1 atom stereocenters. The third-order valence-electron chi connectivity index (χ3n) is 2.53. The molecule has 1 aromatic carbocycles. The molecule has 0 heterocycles. The lowest BCUT2D eigenvalue weighted by atomic mass is 9.92. The summed E-state index contributed by atoms with van der Waals surface area (Å²) in [7, 11) is 0. The van der Waals surface area contributed by atoms with E-state index < -0.39 is 0 Å². The number of hydrogen-bond acceptors (Lipinski definition) is 2. The lowest BCUT2D eigenvalue weighted by Gasteiger charge is -2.13. The number of oxime groups is 1. The normalized spacial score (nSPS) is 13.3. The van der Waals surface area contributed by atoms with Crippen LogP contribution in [0.5, 0.6) is 0 Å². The van der Waals surface area contributed by atoms with Gasteiger partial charge in [0.2, 0.25) is 0 Å². The Labute approximate surface area is 89.4 Å². The zero-order chi connectivity index (χ0) is 11.3. The quantitative estimate of drug-likeness (QED) is 0.459. The predicted octanol–water partition coefficient (Wildman–Crippen LogP) is 3.54. The van der Waals surface area contributed by atoms with Gasteiger partial charge in [-0.3, -0.25) is 0 Å². The van der Waals surface area contributed by atoms with Crippen molar-refractivity contribution in [2.75, 3.05) is 0 Å². The van der Waals surface area contributed by atoms with E-state index in [-0.39, 0.29) is 11.7 Å². The van der Waals surface area contributed by atoms with E-state index in [0.29, 0.717) is 5.56 Å². The van der Waals surface area contributed by atoms with E-state index in [1.54, 1.807) is 6.07 Å². The molecule has 0 saturated heterocycles. The van der Waals surface area contributed by atoms with Crippen LogP contribution >= 0.6 is 0 Å². The molecule has 1 unspecified atom stereocenters. The van der Waals surface area contributed by atoms with E-state index in [0.717, 1.165) is 24.6 Å². The molecule has 3 heteroatoms. The molecule has 0 saturated carbocycles. The van der Waals surface area contributed by atoms with Gasteiger partial charge in [0.15, 0.2) is 0 Å².